The van der Waals surface area contributed by atoms with E-state index >= 15 is 0 Å². The van der Waals surface area contributed by atoms with E-state index in [1.165, 1.54) is 22.9 Å². The lowest BCUT2D eigenvalue weighted by Crippen LogP contribution is -2.22. The highest BCUT2D eigenvalue weighted by atomic mass is 35.5. The number of hydrogen-bond donors (Lipinski definition) is 3. The van der Waals surface area contributed by atoms with Gasteiger partial charge < -0.3 is 16.2 Å². The van der Waals surface area contributed by atoms with Gasteiger partial charge in [-0.3, -0.25) is 14.3 Å². The molecule has 1 aromatic heterocycles. The Hall–Kier alpha value is -2.61. The summed E-state index contributed by atoms with van der Waals surface area (Å²) in [5.41, 5.74) is 7.22. The molecular weight excluding hydrogens is 375 g/mol. The van der Waals surface area contributed by atoms with Crippen molar-refractivity contribution >= 4 is 35.0 Å². The van der Waals surface area contributed by atoms with Crippen molar-refractivity contribution in [2.24, 2.45) is 13.0 Å². The standard InChI is InChI=1S/C18H20ClFN4O3/c1-24-16(21)14(17(25)22-11-6-7-13(20)12(19)8-11)15(23-24)9-2-4-10(5-3-9)18(26)27/h6-10H,2-5,21H2,1H3,(H,22,25)(H,26,27). The predicted octanol–water partition coefficient (Wildman–Crippen LogP) is 3.41. The number of carbonyl (C=O) groups is 2. The van der Waals surface area contributed by atoms with Crippen LogP contribution in [0.5, 0.6) is 0 Å². The van der Waals surface area contributed by atoms with E-state index < -0.39 is 17.7 Å². The van der Waals surface area contributed by atoms with Crippen LogP contribution in [0.1, 0.15) is 47.7 Å². The van der Waals surface area contributed by atoms with Gasteiger partial charge in [0, 0.05) is 18.7 Å². The van der Waals surface area contributed by atoms with Crippen LogP contribution >= 0.6 is 11.6 Å². The van der Waals surface area contributed by atoms with E-state index in [0.717, 1.165) is 0 Å². The number of nitrogen functional groups attached to an aromatic ring is 1. The molecule has 144 valence electrons. The number of amides is 1. The van der Waals surface area contributed by atoms with Gasteiger partial charge in [0.05, 0.1) is 16.6 Å². The van der Waals surface area contributed by atoms with Crippen molar-refractivity contribution in [1.29, 1.82) is 0 Å². The van der Waals surface area contributed by atoms with Crippen LogP contribution in [0.2, 0.25) is 5.02 Å². The zero-order valence-corrected chi connectivity index (χ0v) is 15.5. The fraction of sp³-hybridized carbons (Fsp3) is 0.389. The van der Waals surface area contributed by atoms with Crippen LogP contribution < -0.4 is 11.1 Å². The molecule has 2 aromatic rings. The molecule has 1 aromatic carbocycles. The van der Waals surface area contributed by atoms with Gasteiger partial charge in [0.2, 0.25) is 0 Å². The molecule has 0 spiro atoms. The Morgan fingerprint density at radius 2 is 2.00 bits per heavy atom. The molecule has 7 nitrogen and oxygen atoms in total. The summed E-state index contributed by atoms with van der Waals surface area (Å²) in [6.07, 6.45) is 2.31. The van der Waals surface area contributed by atoms with E-state index in [2.05, 4.69) is 10.4 Å². The van der Waals surface area contributed by atoms with Gasteiger partial charge in [-0.05, 0) is 43.9 Å². The second-order valence-corrected chi connectivity index (χ2v) is 7.15. The number of halogens is 2. The van der Waals surface area contributed by atoms with Gasteiger partial charge in [-0.25, -0.2) is 4.39 Å². The summed E-state index contributed by atoms with van der Waals surface area (Å²) >= 11 is 5.76. The van der Waals surface area contributed by atoms with Gasteiger partial charge in [0.25, 0.3) is 5.91 Å². The maximum atomic E-state index is 13.3. The van der Waals surface area contributed by atoms with Crippen molar-refractivity contribution in [2.75, 3.05) is 11.1 Å². The summed E-state index contributed by atoms with van der Waals surface area (Å²) in [4.78, 5) is 23.9. The minimum atomic E-state index is -0.792. The third-order valence-corrected chi connectivity index (χ3v) is 5.28. The maximum Gasteiger partial charge on any atom is 0.306 e. The van der Waals surface area contributed by atoms with Gasteiger partial charge >= 0.3 is 5.97 Å². The molecule has 1 amide bonds. The molecule has 3 rings (SSSR count). The normalized spacial score (nSPS) is 19.7. The molecule has 9 heteroatoms. The summed E-state index contributed by atoms with van der Waals surface area (Å²) < 4.78 is 14.7. The van der Waals surface area contributed by atoms with Crippen molar-refractivity contribution < 1.29 is 19.1 Å². The van der Waals surface area contributed by atoms with E-state index in [-0.39, 0.29) is 28.2 Å². The first-order valence-electron chi connectivity index (χ1n) is 8.59. The van der Waals surface area contributed by atoms with Crippen molar-refractivity contribution in [3.05, 3.63) is 40.3 Å². The monoisotopic (exact) mass is 394 g/mol. The van der Waals surface area contributed by atoms with Crippen LogP contribution in [0.15, 0.2) is 18.2 Å². The number of carboxylic acids is 1. The lowest BCUT2D eigenvalue weighted by molar-refractivity contribution is -0.142. The van der Waals surface area contributed by atoms with Gasteiger partial charge in [0.1, 0.15) is 17.2 Å². The number of aliphatic carboxylic acids is 1. The number of hydrogen-bond acceptors (Lipinski definition) is 4. The molecule has 0 atom stereocenters. The average molecular weight is 395 g/mol. The van der Waals surface area contributed by atoms with E-state index in [4.69, 9.17) is 22.4 Å². The van der Waals surface area contributed by atoms with E-state index in [1.807, 2.05) is 0 Å². The van der Waals surface area contributed by atoms with E-state index in [9.17, 15) is 14.0 Å². The Morgan fingerprint density at radius 3 is 2.59 bits per heavy atom. The Morgan fingerprint density at radius 1 is 1.33 bits per heavy atom. The minimum Gasteiger partial charge on any atom is -0.481 e. The molecule has 1 saturated carbocycles. The average Bonchev–Trinajstić information content (AvgIpc) is 2.93. The van der Waals surface area contributed by atoms with Gasteiger partial charge in [-0.1, -0.05) is 11.6 Å². The number of aromatic nitrogens is 2. The molecule has 1 aliphatic carbocycles. The molecular formula is C18H20ClFN4O3. The fourth-order valence-corrected chi connectivity index (χ4v) is 3.64. The summed E-state index contributed by atoms with van der Waals surface area (Å²) in [6.45, 7) is 0. The first-order valence-corrected chi connectivity index (χ1v) is 8.97. The number of benzene rings is 1. The predicted molar refractivity (Wildman–Crippen MR) is 99.3 cm³/mol. The largest absolute Gasteiger partial charge is 0.481 e. The summed E-state index contributed by atoms with van der Waals surface area (Å²) in [5, 5.41) is 16.1. The number of nitrogens with zero attached hydrogens (tertiary/aromatic N) is 2. The van der Waals surface area contributed by atoms with Gasteiger partial charge in [-0.15, -0.1) is 0 Å². The molecule has 27 heavy (non-hydrogen) atoms. The quantitative estimate of drug-likeness (QED) is 0.736. The third-order valence-electron chi connectivity index (χ3n) is 4.99. The first kappa shape index (κ1) is 19.2. The fourth-order valence-electron chi connectivity index (χ4n) is 3.46. The number of carboxylic acid groups (broad SMARTS) is 1. The van der Waals surface area contributed by atoms with Crippen molar-refractivity contribution in [3.63, 3.8) is 0 Å². The van der Waals surface area contributed by atoms with Crippen LogP contribution in [-0.2, 0) is 11.8 Å². The molecule has 0 unspecified atom stereocenters. The Kier molecular flexibility index (Phi) is 5.36. The van der Waals surface area contributed by atoms with Crippen LogP contribution in [0.4, 0.5) is 15.9 Å². The number of nitrogens with two attached hydrogens (primary N) is 1. The molecule has 0 aliphatic heterocycles. The van der Waals surface area contributed by atoms with Crippen molar-refractivity contribution in [3.8, 4) is 0 Å². The highest BCUT2D eigenvalue weighted by Gasteiger charge is 2.32. The number of rotatable bonds is 4. The summed E-state index contributed by atoms with van der Waals surface area (Å²) in [6, 6.07) is 3.89. The number of aryl methyl sites for hydroxylation is 1. The first-order chi connectivity index (χ1) is 12.8. The maximum absolute atomic E-state index is 13.3. The van der Waals surface area contributed by atoms with Crippen molar-refractivity contribution in [2.45, 2.75) is 31.6 Å². The summed E-state index contributed by atoms with van der Waals surface area (Å²) in [7, 11) is 1.65. The minimum absolute atomic E-state index is 0.0401. The SMILES string of the molecule is Cn1nc(C2CCC(C(=O)O)CC2)c(C(=O)Nc2ccc(F)c(Cl)c2)c1N. The van der Waals surface area contributed by atoms with Crippen LogP contribution in [-0.4, -0.2) is 26.8 Å². The molecule has 0 bridgehead atoms. The number of anilines is 2. The highest BCUT2D eigenvalue weighted by molar-refractivity contribution is 6.31. The number of carbonyl (C=O) groups excluding carboxylic acids is 1. The topological polar surface area (TPSA) is 110 Å². The highest BCUT2D eigenvalue weighted by Crippen LogP contribution is 2.38. The second kappa shape index (κ2) is 7.56. The molecule has 1 heterocycles. The molecule has 0 saturated heterocycles. The number of nitrogens with one attached hydrogen (secondary N) is 1. The summed E-state index contributed by atoms with van der Waals surface area (Å²) in [5.74, 6) is -2.01. The van der Waals surface area contributed by atoms with E-state index in [0.29, 0.717) is 37.1 Å². The Bertz CT molecular complexity index is 891. The van der Waals surface area contributed by atoms with Crippen molar-refractivity contribution in [1.82, 2.24) is 9.78 Å². The lowest BCUT2D eigenvalue weighted by atomic mass is 9.79. The zero-order valence-electron chi connectivity index (χ0n) is 14.7. The van der Waals surface area contributed by atoms with Crippen LogP contribution in [0.3, 0.4) is 0 Å². The third kappa shape index (κ3) is 3.90. The van der Waals surface area contributed by atoms with Gasteiger partial charge in [0.15, 0.2) is 0 Å². The van der Waals surface area contributed by atoms with E-state index in [1.54, 1.807) is 7.05 Å². The molecule has 1 fully saturated rings. The zero-order chi connectivity index (χ0) is 19.7. The Labute approximate surface area is 160 Å². The molecule has 4 N–H and O–H groups in total. The van der Waals surface area contributed by atoms with Gasteiger partial charge in [-0.2, -0.15) is 5.10 Å². The second-order valence-electron chi connectivity index (χ2n) is 6.74. The van der Waals surface area contributed by atoms with Crippen LogP contribution in [0.25, 0.3) is 0 Å². The van der Waals surface area contributed by atoms with Crippen LogP contribution in [0, 0.1) is 11.7 Å². The lowest BCUT2D eigenvalue weighted by Gasteiger charge is -2.25. The smallest absolute Gasteiger partial charge is 0.306 e. The molecule has 0 radical (unpaired) electrons. The molecule has 1 aliphatic rings. The Balaban J connectivity index is 1.84.